The summed E-state index contributed by atoms with van der Waals surface area (Å²) in [5, 5.41) is 5.21. The van der Waals surface area contributed by atoms with Crippen LogP contribution in [0.1, 0.15) is 37.8 Å². The monoisotopic (exact) mass is 300 g/mol. The Kier molecular flexibility index (Phi) is 5.52. The molecule has 1 atom stereocenters. The van der Waals surface area contributed by atoms with E-state index in [1.54, 1.807) is 0 Å². The number of nitrogens with zero attached hydrogens (tertiary/aromatic N) is 1. The lowest BCUT2D eigenvalue weighted by atomic mass is 9.99. The highest BCUT2D eigenvalue weighted by Gasteiger charge is 2.21. The van der Waals surface area contributed by atoms with Crippen LogP contribution in [0.25, 0.3) is 0 Å². The second-order valence-corrected chi connectivity index (χ2v) is 6.21. The Bertz CT molecular complexity index is 415. The summed E-state index contributed by atoms with van der Waals surface area (Å²) >= 11 is 12.3. The van der Waals surface area contributed by atoms with Gasteiger partial charge in [0.15, 0.2) is 0 Å². The van der Waals surface area contributed by atoms with Gasteiger partial charge in [-0.05, 0) is 57.1 Å². The van der Waals surface area contributed by atoms with Crippen molar-refractivity contribution in [1.29, 1.82) is 0 Å². The van der Waals surface area contributed by atoms with Crippen molar-refractivity contribution >= 4 is 23.2 Å². The Hall–Kier alpha value is -0.280. The maximum atomic E-state index is 6.31. The lowest BCUT2D eigenvalue weighted by Gasteiger charge is -2.32. The summed E-state index contributed by atoms with van der Waals surface area (Å²) in [5.41, 5.74) is 1.16. The van der Waals surface area contributed by atoms with Crippen molar-refractivity contribution in [3.05, 3.63) is 33.8 Å². The molecule has 1 aromatic rings. The smallest absolute Gasteiger partial charge is 0.0468 e. The standard InChI is InChI=1S/C15H22Cl2N2/c1-3-15(13-5-4-11(16)10-14(13)17)18-12-6-8-19(2)9-7-12/h4-5,10,12,15,18H,3,6-9H2,1-2H3. The molecule has 0 aliphatic carbocycles. The SMILES string of the molecule is CCC(NC1CCN(C)CC1)c1ccc(Cl)cc1Cl. The number of hydrogen-bond acceptors (Lipinski definition) is 2. The first-order valence-corrected chi connectivity index (χ1v) is 7.75. The van der Waals surface area contributed by atoms with Gasteiger partial charge in [-0.3, -0.25) is 0 Å². The highest BCUT2D eigenvalue weighted by Crippen LogP contribution is 2.29. The van der Waals surface area contributed by atoms with Gasteiger partial charge in [-0.1, -0.05) is 36.2 Å². The third kappa shape index (κ3) is 4.09. The summed E-state index contributed by atoms with van der Waals surface area (Å²) in [4.78, 5) is 2.38. The molecular weight excluding hydrogens is 279 g/mol. The molecule has 106 valence electrons. The first kappa shape index (κ1) is 15.1. The van der Waals surface area contributed by atoms with Crippen LogP contribution in [-0.2, 0) is 0 Å². The zero-order chi connectivity index (χ0) is 13.8. The van der Waals surface area contributed by atoms with Gasteiger partial charge in [0.1, 0.15) is 0 Å². The van der Waals surface area contributed by atoms with Gasteiger partial charge in [0.2, 0.25) is 0 Å². The second-order valence-electron chi connectivity index (χ2n) is 5.37. The zero-order valence-corrected chi connectivity index (χ0v) is 13.1. The molecule has 2 rings (SSSR count). The number of likely N-dealkylation sites (tertiary alicyclic amines) is 1. The number of nitrogens with one attached hydrogen (secondary N) is 1. The van der Waals surface area contributed by atoms with Crippen LogP contribution in [0, 0.1) is 0 Å². The topological polar surface area (TPSA) is 15.3 Å². The molecule has 1 aromatic carbocycles. The minimum absolute atomic E-state index is 0.318. The molecule has 1 heterocycles. The van der Waals surface area contributed by atoms with Crippen LogP contribution in [0.2, 0.25) is 10.0 Å². The Morgan fingerprint density at radius 1 is 1.32 bits per heavy atom. The molecule has 4 heteroatoms. The lowest BCUT2D eigenvalue weighted by Crippen LogP contribution is -2.42. The number of benzene rings is 1. The Morgan fingerprint density at radius 2 is 2.00 bits per heavy atom. The van der Waals surface area contributed by atoms with Crippen molar-refractivity contribution < 1.29 is 0 Å². The number of halogens is 2. The average molecular weight is 301 g/mol. The molecule has 19 heavy (non-hydrogen) atoms. The second kappa shape index (κ2) is 6.94. The van der Waals surface area contributed by atoms with Crippen molar-refractivity contribution in [1.82, 2.24) is 10.2 Å². The van der Waals surface area contributed by atoms with E-state index in [9.17, 15) is 0 Å². The fourth-order valence-corrected chi connectivity index (χ4v) is 3.21. The molecule has 2 nitrogen and oxygen atoms in total. The van der Waals surface area contributed by atoms with Crippen LogP contribution in [0.3, 0.4) is 0 Å². The largest absolute Gasteiger partial charge is 0.307 e. The lowest BCUT2D eigenvalue weighted by molar-refractivity contribution is 0.223. The molecule has 1 unspecified atom stereocenters. The molecule has 1 aliphatic heterocycles. The third-order valence-corrected chi connectivity index (χ3v) is 4.46. The maximum Gasteiger partial charge on any atom is 0.0468 e. The predicted octanol–water partition coefficient (Wildman–Crippen LogP) is 4.13. The van der Waals surface area contributed by atoms with Crippen LogP contribution in [0.5, 0.6) is 0 Å². The highest BCUT2D eigenvalue weighted by atomic mass is 35.5. The van der Waals surface area contributed by atoms with Gasteiger partial charge >= 0.3 is 0 Å². The first-order valence-electron chi connectivity index (χ1n) is 6.99. The van der Waals surface area contributed by atoms with E-state index in [0.717, 1.165) is 17.0 Å². The van der Waals surface area contributed by atoms with Gasteiger partial charge in [0.05, 0.1) is 0 Å². The number of hydrogen-bond donors (Lipinski definition) is 1. The van der Waals surface area contributed by atoms with Crippen LogP contribution >= 0.6 is 23.2 Å². The van der Waals surface area contributed by atoms with E-state index < -0.39 is 0 Å². The van der Waals surface area contributed by atoms with Crippen molar-refractivity contribution in [3.63, 3.8) is 0 Å². The summed E-state index contributed by atoms with van der Waals surface area (Å²) in [6.45, 7) is 4.53. The minimum atomic E-state index is 0.318. The average Bonchev–Trinajstić information content (AvgIpc) is 2.39. The zero-order valence-electron chi connectivity index (χ0n) is 11.6. The molecule has 0 aromatic heterocycles. The van der Waals surface area contributed by atoms with Gasteiger partial charge in [-0.2, -0.15) is 0 Å². The van der Waals surface area contributed by atoms with E-state index >= 15 is 0 Å². The minimum Gasteiger partial charge on any atom is -0.307 e. The Balaban J connectivity index is 2.03. The summed E-state index contributed by atoms with van der Waals surface area (Å²) in [5.74, 6) is 0. The van der Waals surface area contributed by atoms with Gasteiger partial charge in [-0.15, -0.1) is 0 Å². The number of rotatable bonds is 4. The van der Waals surface area contributed by atoms with E-state index in [-0.39, 0.29) is 0 Å². The van der Waals surface area contributed by atoms with Gasteiger partial charge in [0, 0.05) is 22.1 Å². The van der Waals surface area contributed by atoms with E-state index in [0.29, 0.717) is 17.1 Å². The van der Waals surface area contributed by atoms with Gasteiger partial charge in [-0.25, -0.2) is 0 Å². The molecule has 1 fully saturated rings. The van der Waals surface area contributed by atoms with Crippen LogP contribution in [-0.4, -0.2) is 31.1 Å². The molecule has 1 saturated heterocycles. The van der Waals surface area contributed by atoms with Crippen LogP contribution < -0.4 is 5.32 Å². The van der Waals surface area contributed by atoms with Crippen molar-refractivity contribution in [2.45, 2.75) is 38.3 Å². The van der Waals surface area contributed by atoms with E-state index in [1.165, 1.54) is 25.9 Å². The third-order valence-electron chi connectivity index (χ3n) is 3.90. The molecule has 0 spiro atoms. The Labute approximate surface area is 126 Å². The van der Waals surface area contributed by atoms with Crippen LogP contribution in [0.4, 0.5) is 0 Å². The summed E-state index contributed by atoms with van der Waals surface area (Å²) in [7, 11) is 2.18. The van der Waals surface area contributed by atoms with Crippen molar-refractivity contribution in [2.75, 3.05) is 20.1 Å². The predicted molar refractivity (Wildman–Crippen MR) is 83.1 cm³/mol. The van der Waals surface area contributed by atoms with Gasteiger partial charge < -0.3 is 10.2 Å². The summed E-state index contributed by atoms with van der Waals surface area (Å²) < 4.78 is 0. The fourth-order valence-electron chi connectivity index (χ4n) is 2.67. The molecule has 1 aliphatic rings. The molecule has 0 saturated carbocycles. The molecule has 1 N–H and O–H groups in total. The van der Waals surface area contributed by atoms with Crippen LogP contribution in [0.15, 0.2) is 18.2 Å². The molecule has 0 bridgehead atoms. The molecule has 0 amide bonds. The summed E-state index contributed by atoms with van der Waals surface area (Å²) in [6, 6.07) is 6.70. The maximum absolute atomic E-state index is 6.31. The van der Waals surface area contributed by atoms with E-state index in [2.05, 4.69) is 24.2 Å². The van der Waals surface area contributed by atoms with E-state index in [1.807, 2.05) is 18.2 Å². The quantitative estimate of drug-likeness (QED) is 0.899. The first-order chi connectivity index (χ1) is 9.10. The molecule has 0 radical (unpaired) electrons. The van der Waals surface area contributed by atoms with Gasteiger partial charge in [0.25, 0.3) is 0 Å². The normalized spacial score (nSPS) is 19.6. The van der Waals surface area contributed by atoms with Crippen molar-refractivity contribution in [3.8, 4) is 0 Å². The fraction of sp³-hybridized carbons (Fsp3) is 0.600. The molecular formula is C15H22Cl2N2. The highest BCUT2D eigenvalue weighted by molar-refractivity contribution is 6.35. The van der Waals surface area contributed by atoms with E-state index in [4.69, 9.17) is 23.2 Å². The number of piperidine rings is 1. The summed E-state index contributed by atoms with van der Waals surface area (Å²) in [6.07, 6.45) is 3.45. The Morgan fingerprint density at radius 3 is 2.58 bits per heavy atom. The van der Waals surface area contributed by atoms with Crippen molar-refractivity contribution in [2.24, 2.45) is 0 Å².